The highest BCUT2D eigenvalue weighted by Gasteiger charge is 2.14. The molecule has 4 heteroatoms. The number of nitrogens with zero attached hydrogens (tertiary/aromatic N) is 1. The Bertz CT molecular complexity index is 418. The summed E-state index contributed by atoms with van der Waals surface area (Å²) in [7, 11) is 0. The first-order chi connectivity index (χ1) is 8.10. The molecule has 0 aliphatic carbocycles. The lowest BCUT2D eigenvalue weighted by atomic mass is 10.1. The van der Waals surface area contributed by atoms with Crippen molar-refractivity contribution in [1.29, 1.82) is 0 Å². The van der Waals surface area contributed by atoms with Gasteiger partial charge in [0.15, 0.2) is 0 Å². The average molecular weight is 254 g/mol. The molecule has 17 heavy (non-hydrogen) atoms. The van der Waals surface area contributed by atoms with Crippen LogP contribution in [0.4, 0.5) is 0 Å². The second kappa shape index (κ2) is 6.42. The lowest BCUT2D eigenvalue weighted by Crippen LogP contribution is -2.33. The van der Waals surface area contributed by atoms with E-state index in [2.05, 4.69) is 6.58 Å². The third kappa shape index (κ3) is 3.58. The summed E-state index contributed by atoms with van der Waals surface area (Å²) in [5, 5.41) is 9.55. The number of rotatable bonds is 5. The molecular formula is C13H16ClNO2. The van der Waals surface area contributed by atoms with E-state index in [-0.39, 0.29) is 12.5 Å². The summed E-state index contributed by atoms with van der Waals surface area (Å²) < 4.78 is 0. The fourth-order valence-corrected chi connectivity index (χ4v) is 1.63. The van der Waals surface area contributed by atoms with Gasteiger partial charge in [0.25, 0.3) is 5.91 Å². The van der Waals surface area contributed by atoms with E-state index in [1.54, 1.807) is 24.3 Å². The van der Waals surface area contributed by atoms with E-state index < -0.39 is 0 Å². The van der Waals surface area contributed by atoms with Crippen LogP contribution in [0.1, 0.15) is 15.9 Å². The van der Waals surface area contributed by atoms with E-state index >= 15 is 0 Å². The summed E-state index contributed by atoms with van der Waals surface area (Å²) >= 11 is 5.91. The van der Waals surface area contributed by atoms with Crippen molar-refractivity contribution < 1.29 is 9.90 Å². The van der Waals surface area contributed by atoms with E-state index in [4.69, 9.17) is 16.7 Å². The number of benzene rings is 1. The topological polar surface area (TPSA) is 40.5 Å². The van der Waals surface area contributed by atoms with Crippen LogP contribution >= 0.6 is 11.6 Å². The maximum atomic E-state index is 12.1. The molecular weight excluding hydrogens is 238 g/mol. The van der Waals surface area contributed by atoms with Gasteiger partial charge in [-0.3, -0.25) is 4.79 Å². The number of carbonyl (C=O) groups excluding carboxylic acids is 1. The molecule has 0 fully saturated rings. The van der Waals surface area contributed by atoms with Gasteiger partial charge in [-0.25, -0.2) is 0 Å². The highest BCUT2D eigenvalue weighted by atomic mass is 35.5. The fourth-order valence-electron chi connectivity index (χ4n) is 1.51. The zero-order valence-electron chi connectivity index (χ0n) is 9.82. The lowest BCUT2D eigenvalue weighted by molar-refractivity contribution is 0.0743. The molecule has 92 valence electrons. The molecule has 1 amide bonds. The molecule has 0 radical (unpaired) electrons. The molecule has 0 unspecified atom stereocenters. The summed E-state index contributed by atoms with van der Waals surface area (Å²) in [6.07, 6.45) is 1.64. The second-order valence-electron chi connectivity index (χ2n) is 3.73. The van der Waals surface area contributed by atoms with E-state index in [1.165, 1.54) is 4.90 Å². The molecule has 0 heterocycles. The maximum absolute atomic E-state index is 12.1. The van der Waals surface area contributed by atoms with Gasteiger partial charge in [0, 0.05) is 23.7 Å². The van der Waals surface area contributed by atoms with Gasteiger partial charge in [0.05, 0.1) is 6.61 Å². The summed E-state index contributed by atoms with van der Waals surface area (Å²) in [4.78, 5) is 13.6. The summed E-state index contributed by atoms with van der Waals surface area (Å²) in [5.41, 5.74) is 1.43. The minimum absolute atomic E-state index is 0.0633. The van der Waals surface area contributed by atoms with Crippen LogP contribution in [-0.4, -0.2) is 35.6 Å². The van der Waals surface area contributed by atoms with Crippen molar-refractivity contribution >= 4 is 17.5 Å². The Labute approximate surface area is 106 Å². The Morgan fingerprint density at radius 2 is 2.29 bits per heavy atom. The Balaban J connectivity index is 2.92. The van der Waals surface area contributed by atoms with Crippen LogP contribution < -0.4 is 0 Å². The molecule has 0 aromatic heterocycles. The number of halogens is 1. The molecule has 1 aromatic rings. The third-order valence-electron chi connectivity index (χ3n) is 2.41. The smallest absolute Gasteiger partial charge is 0.254 e. The predicted molar refractivity (Wildman–Crippen MR) is 69.4 cm³/mol. The van der Waals surface area contributed by atoms with Crippen molar-refractivity contribution in [1.82, 2.24) is 4.90 Å². The number of hydrogen-bond acceptors (Lipinski definition) is 2. The fraction of sp³-hybridized carbons (Fsp3) is 0.308. The van der Waals surface area contributed by atoms with Gasteiger partial charge in [-0.05, 0) is 30.7 Å². The highest BCUT2D eigenvalue weighted by molar-refractivity contribution is 6.31. The third-order valence-corrected chi connectivity index (χ3v) is 2.84. The van der Waals surface area contributed by atoms with Crippen LogP contribution in [0.15, 0.2) is 30.9 Å². The van der Waals surface area contributed by atoms with E-state index in [0.717, 1.165) is 5.56 Å². The quantitative estimate of drug-likeness (QED) is 0.818. The number of amides is 1. The summed E-state index contributed by atoms with van der Waals surface area (Å²) in [5.74, 6) is -0.126. The largest absolute Gasteiger partial charge is 0.395 e. The molecule has 0 saturated carbocycles. The van der Waals surface area contributed by atoms with Crippen molar-refractivity contribution in [2.24, 2.45) is 0 Å². The number of aliphatic hydroxyl groups excluding tert-OH is 1. The van der Waals surface area contributed by atoms with Crippen molar-refractivity contribution in [2.75, 3.05) is 19.7 Å². The van der Waals surface area contributed by atoms with Crippen LogP contribution in [0.3, 0.4) is 0 Å². The van der Waals surface area contributed by atoms with Gasteiger partial charge in [0.1, 0.15) is 0 Å². The molecule has 1 aromatic carbocycles. The first kappa shape index (κ1) is 13.7. The molecule has 0 spiro atoms. The van der Waals surface area contributed by atoms with Crippen LogP contribution in [0, 0.1) is 6.92 Å². The molecule has 0 atom stereocenters. The minimum atomic E-state index is -0.126. The SMILES string of the molecule is C=CCN(CCO)C(=O)c1ccc(Cl)c(C)c1. The Morgan fingerprint density at radius 3 is 2.82 bits per heavy atom. The lowest BCUT2D eigenvalue weighted by Gasteiger charge is -2.20. The van der Waals surface area contributed by atoms with Gasteiger partial charge in [0.2, 0.25) is 0 Å². The van der Waals surface area contributed by atoms with E-state index in [1.807, 2.05) is 6.92 Å². The standard InChI is InChI=1S/C13H16ClNO2/c1-3-6-15(7-8-16)13(17)11-4-5-12(14)10(2)9-11/h3-5,9,16H,1,6-8H2,2H3. The van der Waals surface area contributed by atoms with Crippen molar-refractivity contribution in [2.45, 2.75) is 6.92 Å². The van der Waals surface area contributed by atoms with Gasteiger partial charge >= 0.3 is 0 Å². The molecule has 0 aliphatic heterocycles. The Hall–Kier alpha value is -1.32. The van der Waals surface area contributed by atoms with Crippen LogP contribution in [0.25, 0.3) is 0 Å². The van der Waals surface area contributed by atoms with Crippen LogP contribution in [-0.2, 0) is 0 Å². The highest BCUT2D eigenvalue weighted by Crippen LogP contribution is 2.17. The molecule has 1 rings (SSSR count). The molecule has 1 N–H and O–H groups in total. The van der Waals surface area contributed by atoms with Crippen molar-refractivity contribution in [3.8, 4) is 0 Å². The van der Waals surface area contributed by atoms with Gasteiger partial charge < -0.3 is 10.0 Å². The average Bonchev–Trinajstić information content (AvgIpc) is 2.31. The number of aliphatic hydroxyl groups is 1. The molecule has 0 bridgehead atoms. The molecule has 0 aliphatic rings. The van der Waals surface area contributed by atoms with Crippen molar-refractivity contribution in [3.05, 3.63) is 47.0 Å². The predicted octanol–water partition coefficient (Wildman–Crippen LogP) is 2.27. The Morgan fingerprint density at radius 1 is 1.59 bits per heavy atom. The number of carbonyl (C=O) groups is 1. The van der Waals surface area contributed by atoms with Gasteiger partial charge in [-0.15, -0.1) is 6.58 Å². The number of aryl methyl sites for hydroxylation is 1. The summed E-state index contributed by atoms with van der Waals surface area (Å²) in [6.45, 7) is 6.10. The zero-order chi connectivity index (χ0) is 12.8. The maximum Gasteiger partial charge on any atom is 0.254 e. The van der Waals surface area contributed by atoms with E-state index in [9.17, 15) is 4.79 Å². The van der Waals surface area contributed by atoms with Gasteiger partial charge in [-0.1, -0.05) is 17.7 Å². The van der Waals surface area contributed by atoms with Crippen molar-refractivity contribution in [3.63, 3.8) is 0 Å². The molecule has 0 saturated heterocycles. The van der Waals surface area contributed by atoms with Crippen LogP contribution in [0.5, 0.6) is 0 Å². The minimum Gasteiger partial charge on any atom is -0.395 e. The van der Waals surface area contributed by atoms with Gasteiger partial charge in [-0.2, -0.15) is 0 Å². The monoisotopic (exact) mass is 253 g/mol. The van der Waals surface area contributed by atoms with Crippen LogP contribution in [0.2, 0.25) is 5.02 Å². The first-order valence-corrected chi connectivity index (χ1v) is 5.75. The normalized spacial score (nSPS) is 10.1. The summed E-state index contributed by atoms with van der Waals surface area (Å²) in [6, 6.07) is 5.14. The molecule has 3 nitrogen and oxygen atoms in total. The zero-order valence-corrected chi connectivity index (χ0v) is 10.6. The van der Waals surface area contributed by atoms with E-state index in [0.29, 0.717) is 23.7 Å². The Kier molecular flexibility index (Phi) is 5.19. The first-order valence-electron chi connectivity index (χ1n) is 5.37. The second-order valence-corrected chi connectivity index (χ2v) is 4.13. The number of hydrogen-bond donors (Lipinski definition) is 1.